The third-order valence-electron chi connectivity index (χ3n) is 0.787. The molecule has 0 atom stereocenters. The van der Waals surface area contributed by atoms with E-state index < -0.39 is 0 Å². The van der Waals surface area contributed by atoms with Crippen molar-refractivity contribution in [2.45, 2.75) is 6.54 Å². The van der Waals surface area contributed by atoms with Crippen LogP contribution >= 0.6 is 0 Å². The van der Waals surface area contributed by atoms with Crippen molar-refractivity contribution in [3.05, 3.63) is 5.82 Å². The molecule has 0 saturated carbocycles. The van der Waals surface area contributed by atoms with Gasteiger partial charge < -0.3 is 5.21 Å². The second-order valence-corrected chi connectivity index (χ2v) is 1.53. The fraction of sp³-hybridized carbons (Fsp3) is 0.667. The number of nitrogens with zero attached hydrogens (tertiary/aromatic N) is 4. The molecule has 0 aliphatic rings. The van der Waals surface area contributed by atoms with Crippen LogP contribution in [0.2, 0.25) is 0 Å². The lowest BCUT2D eigenvalue weighted by atomic mass is 10.6. The summed E-state index contributed by atoms with van der Waals surface area (Å²) in [5.41, 5.74) is 1.92. The molecule has 50 valence electrons. The van der Waals surface area contributed by atoms with E-state index in [4.69, 9.17) is 5.21 Å². The van der Waals surface area contributed by atoms with Crippen molar-refractivity contribution in [1.29, 1.82) is 0 Å². The van der Waals surface area contributed by atoms with Crippen LogP contribution in [0.5, 0.6) is 0 Å². The maximum absolute atomic E-state index is 8.16. The van der Waals surface area contributed by atoms with Gasteiger partial charge in [-0.2, -0.15) is 10.3 Å². The molecule has 1 heterocycles. The maximum Gasteiger partial charge on any atom is 0.190 e. The smallest absolute Gasteiger partial charge is 0.190 e. The Kier molecular flexibility index (Phi) is 1.71. The predicted octanol–water partition coefficient (Wildman–Crippen LogP) is -1.31. The first kappa shape index (κ1) is 6.12. The minimum atomic E-state index is 0.230. The molecule has 0 aliphatic carbocycles. The maximum atomic E-state index is 8.16. The molecule has 0 saturated heterocycles. The fourth-order valence-corrected chi connectivity index (χ4v) is 0.465. The number of nitrogens with one attached hydrogen (secondary N) is 1. The highest BCUT2D eigenvalue weighted by molar-refractivity contribution is 4.72. The number of hydroxylamine groups is 1. The van der Waals surface area contributed by atoms with Crippen LogP contribution < -0.4 is 5.48 Å². The Hall–Kier alpha value is -1.01. The van der Waals surface area contributed by atoms with Gasteiger partial charge in [-0.15, -0.1) is 10.2 Å². The van der Waals surface area contributed by atoms with Gasteiger partial charge in [0, 0.05) is 0 Å². The summed E-state index contributed by atoms with van der Waals surface area (Å²) in [6.45, 7) is 0.230. The molecule has 2 N–H and O–H groups in total. The third-order valence-corrected chi connectivity index (χ3v) is 0.787. The second-order valence-electron chi connectivity index (χ2n) is 1.53. The van der Waals surface area contributed by atoms with E-state index in [1.807, 2.05) is 5.48 Å². The Morgan fingerprint density at radius 3 is 3.00 bits per heavy atom. The average Bonchev–Trinajstić information content (AvgIpc) is 2.17. The van der Waals surface area contributed by atoms with Crippen molar-refractivity contribution in [3.63, 3.8) is 0 Å². The van der Waals surface area contributed by atoms with E-state index in [0.29, 0.717) is 5.82 Å². The lowest BCUT2D eigenvalue weighted by Crippen LogP contribution is -2.07. The van der Waals surface area contributed by atoms with Crippen LogP contribution in [0.15, 0.2) is 0 Å². The summed E-state index contributed by atoms with van der Waals surface area (Å²) in [6, 6.07) is 0. The van der Waals surface area contributed by atoms with Crippen molar-refractivity contribution in [2.75, 3.05) is 0 Å². The average molecular weight is 129 g/mol. The number of hydrogen-bond donors (Lipinski definition) is 2. The Morgan fingerprint density at radius 2 is 2.56 bits per heavy atom. The highest BCUT2D eigenvalue weighted by Gasteiger charge is 1.95. The van der Waals surface area contributed by atoms with Gasteiger partial charge in [0.05, 0.1) is 13.6 Å². The highest BCUT2D eigenvalue weighted by Crippen LogP contribution is 1.80. The number of aryl methyl sites for hydroxylation is 1. The highest BCUT2D eigenvalue weighted by atomic mass is 16.5. The summed E-state index contributed by atoms with van der Waals surface area (Å²) in [6.07, 6.45) is 0. The van der Waals surface area contributed by atoms with Gasteiger partial charge in [0.1, 0.15) is 0 Å². The van der Waals surface area contributed by atoms with E-state index in [-0.39, 0.29) is 6.54 Å². The van der Waals surface area contributed by atoms with Gasteiger partial charge in [0.2, 0.25) is 0 Å². The van der Waals surface area contributed by atoms with Gasteiger partial charge in [-0.05, 0) is 5.21 Å². The molecule has 0 aromatic carbocycles. The molecule has 6 nitrogen and oxygen atoms in total. The molecule has 0 radical (unpaired) electrons. The quantitative estimate of drug-likeness (QED) is 0.485. The minimum absolute atomic E-state index is 0.230. The van der Waals surface area contributed by atoms with E-state index in [1.165, 1.54) is 4.80 Å². The minimum Gasteiger partial charge on any atom is -0.316 e. The molecule has 0 amide bonds. The van der Waals surface area contributed by atoms with Crippen molar-refractivity contribution < 1.29 is 5.21 Å². The first-order chi connectivity index (χ1) is 4.33. The van der Waals surface area contributed by atoms with Crippen LogP contribution in [0.3, 0.4) is 0 Å². The molecule has 0 aliphatic heterocycles. The monoisotopic (exact) mass is 129 g/mol. The van der Waals surface area contributed by atoms with Gasteiger partial charge in [-0.25, -0.2) is 0 Å². The summed E-state index contributed by atoms with van der Waals surface area (Å²) >= 11 is 0. The van der Waals surface area contributed by atoms with Gasteiger partial charge in [-0.3, -0.25) is 0 Å². The lowest BCUT2D eigenvalue weighted by Gasteiger charge is -1.85. The molecular formula is C3H7N5O. The Balaban J connectivity index is 2.61. The molecular weight excluding hydrogens is 122 g/mol. The third kappa shape index (κ3) is 1.44. The van der Waals surface area contributed by atoms with Crippen LogP contribution in [0, 0.1) is 0 Å². The summed E-state index contributed by atoms with van der Waals surface area (Å²) in [4.78, 5) is 1.33. The van der Waals surface area contributed by atoms with Crippen LogP contribution in [-0.2, 0) is 13.6 Å². The van der Waals surface area contributed by atoms with Gasteiger partial charge in [0.25, 0.3) is 0 Å². The van der Waals surface area contributed by atoms with Crippen molar-refractivity contribution in [2.24, 2.45) is 7.05 Å². The Bertz CT molecular complexity index is 184. The van der Waals surface area contributed by atoms with E-state index in [9.17, 15) is 0 Å². The van der Waals surface area contributed by atoms with Crippen molar-refractivity contribution in [3.8, 4) is 0 Å². The number of rotatable bonds is 2. The summed E-state index contributed by atoms with van der Waals surface area (Å²) in [5, 5.41) is 19.1. The molecule has 1 aromatic rings. The van der Waals surface area contributed by atoms with Gasteiger partial charge >= 0.3 is 0 Å². The molecule has 1 aromatic heterocycles. The van der Waals surface area contributed by atoms with Crippen LogP contribution in [0.4, 0.5) is 0 Å². The zero-order valence-corrected chi connectivity index (χ0v) is 4.94. The number of hydrogen-bond acceptors (Lipinski definition) is 5. The molecule has 9 heavy (non-hydrogen) atoms. The van der Waals surface area contributed by atoms with Crippen molar-refractivity contribution >= 4 is 0 Å². The standard InChI is InChI=1S/C3H7N5O/c1-8-6-3(2-4-9)5-7-8/h4,9H,2H2,1H3. The normalized spacial score (nSPS) is 10.0. The first-order valence-electron chi connectivity index (χ1n) is 2.43. The fourth-order valence-electron chi connectivity index (χ4n) is 0.465. The topological polar surface area (TPSA) is 75.9 Å². The predicted molar refractivity (Wildman–Crippen MR) is 27.4 cm³/mol. The molecule has 6 heteroatoms. The van der Waals surface area contributed by atoms with E-state index in [0.717, 1.165) is 0 Å². The number of tetrazole rings is 1. The van der Waals surface area contributed by atoms with Crippen molar-refractivity contribution in [1.82, 2.24) is 25.7 Å². The first-order valence-corrected chi connectivity index (χ1v) is 2.43. The Morgan fingerprint density at radius 1 is 1.78 bits per heavy atom. The second kappa shape index (κ2) is 2.51. The van der Waals surface area contributed by atoms with Crippen LogP contribution in [0.1, 0.15) is 5.82 Å². The molecule has 0 bridgehead atoms. The zero-order chi connectivity index (χ0) is 6.69. The molecule has 0 unspecified atom stereocenters. The molecule has 0 fully saturated rings. The van der Waals surface area contributed by atoms with Gasteiger partial charge in [0.15, 0.2) is 5.82 Å². The summed E-state index contributed by atoms with van der Waals surface area (Å²) in [5.74, 6) is 0.472. The van der Waals surface area contributed by atoms with E-state index in [2.05, 4.69) is 15.4 Å². The molecule has 1 rings (SSSR count). The molecule has 0 spiro atoms. The summed E-state index contributed by atoms with van der Waals surface area (Å²) in [7, 11) is 1.66. The SMILES string of the molecule is Cn1nnc(CNO)n1. The van der Waals surface area contributed by atoms with E-state index in [1.54, 1.807) is 7.05 Å². The number of aromatic nitrogens is 4. The summed E-state index contributed by atoms with van der Waals surface area (Å²) < 4.78 is 0. The lowest BCUT2D eigenvalue weighted by molar-refractivity contribution is 0.158. The van der Waals surface area contributed by atoms with Crippen LogP contribution in [-0.4, -0.2) is 25.4 Å². The van der Waals surface area contributed by atoms with Gasteiger partial charge in [-0.1, -0.05) is 0 Å². The zero-order valence-electron chi connectivity index (χ0n) is 4.94. The van der Waals surface area contributed by atoms with Crippen LogP contribution in [0.25, 0.3) is 0 Å². The Labute approximate surface area is 51.4 Å². The largest absolute Gasteiger partial charge is 0.316 e. The van der Waals surface area contributed by atoms with E-state index >= 15 is 0 Å².